The number of phosphoric acid groups is 2. The van der Waals surface area contributed by atoms with E-state index in [1.807, 2.05) is 37.3 Å². The number of unbranched alkanes of at least 4 members (excludes halogenated alkanes) is 10. The molecule has 1 aliphatic heterocycles. The highest BCUT2D eigenvalue weighted by molar-refractivity contribution is 7.61. The standard InChI is InChI=1S/C51H83N3O17P2/c1-4-6-21-29-41(55)30-23-17-13-11-14-18-24-31-42(56)32-25-20-27-33-46(57)66-37-43(69-47(58)34-26-19-15-10-8-7-9-12-16-22-28-40(3)5-2)38-67-72(62,63)71-73(64,65)68-39-44-48(59)49(60)50(70-44)54-36-35-45(52)53-51(54)61/h6,13-14,17-18,21,23-25,30-32,35-36,40-44,48-50,55-56,59-60H,4-5,7-12,15-16,19-20,22,26-29,33-34,37-39H2,1-3H3,(H,62,63)(H,64,65)(H2,52,53,61)/b17-13-,18-14-,21-6-,30-23+,31-24+,32-25-/t40?,41-,42-,43-,44-,48-,49-,50-/m1/s1. The molecule has 0 bridgehead atoms. The number of ether oxygens (including phenoxy) is 3. The van der Waals surface area contributed by atoms with Crippen LogP contribution in [0.1, 0.15) is 149 Å². The molecule has 1 saturated heterocycles. The van der Waals surface area contributed by atoms with Gasteiger partial charge in [-0.05, 0) is 50.5 Å². The summed E-state index contributed by atoms with van der Waals surface area (Å²) in [5.41, 5.74) is 4.57. The lowest BCUT2D eigenvalue weighted by Crippen LogP contribution is -2.36. The molecule has 8 N–H and O–H groups in total. The molecule has 1 aromatic rings. The molecule has 1 aliphatic rings. The van der Waals surface area contributed by atoms with E-state index >= 15 is 0 Å². The van der Waals surface area contributed by atoms with Crippen LogP contribution in [0.2, 0.25) is 0 Å². The molecule has 73 heavy (non-hydrogen) atoms. The van der Waals surface area contributed by atoms with Crippen molar-refractivity contribution in [2.45, 2.75) is 186 Å². The van der Waals surface area contributed by atoms with Gasteiger partial charge in [0.1, 0.15) is 30.7 Å². The molecule has 0 aliphatic carbocycles. The number of nitrogens with zero attached hydrogens (tertiary/aromatic N) is 2. The number of hydrogen-bond donors (Lipinski definition) is 7. The maximum atomic E-state index is 12.9. The number of aromatic nitrogens is 2. The highest BCUT2D eigenvalue weighted by Gasteiger charge is 2.46. The van der Waals surface area contributed by atoms with E-state index in [9.17, 15) is 53.7 Å². The molecule has 1 fully saturated rings. The molecule has 2 heterocycles. The Morgan fingerprint density at radius 1 is 0.795 bits per heavy atom. The quantitative estimate of drug-likeness (QED) is 0.0107. The SMILES string of the molecule is CC/C=C\C[C@@H](O)/C=C/C=C\C/C=C\C=C\[C@@H](O)/C=C\CCCC(=O)OC[C@H](COP(=O)(O)OP(=O)(O)OC[C@H]1O[C@@H](n2ccc(N)nc2=O)[C@H](O)[C@@H]1O)OC(=O)CCCCCCCCCCCCC(C)CC. The molecule has 3 unspecified atom stereocenters. The summed E-state index contributed by atoms with van der Waals surface area (Å²) in [6, 6.07) is 1.23. The number of esters is 2. The van der Waals surface area contributed by atoms with Crippen LogP contribution in [0.3, 0.4) is 0 Å². The second-order valence-electron chi connectivity index (χ2n) is 17.9. The van der Waals surface area contributed by atoms with E-state index in [0.717, 1.165) is 55.2 Å². The molecule has 0 amide bonds. The van der Waals surface area contributed by atoms with Crippen molar-refractivity contribution in [2.75, 3.05) is 25.6 Å². The number of nitrogens with two attached hydrogens (primary N) is 1. The van der Waals surface area contributed by atoms with E-state index < -0.39 is 95.9 Å². The Morgan fingerprint density at radius 2 is 1.42 bits per heavy atom. The topological polar surface area (TPSA) is 306 Å². The summed E-state index contributed by atoms with van der Waals surface area (Å²) in [6.07, 6.45) is 29.2. The number of phosphoric ester groups is 2. The first-order valence-corrected chi connectivity index (χ1v) is 28.6. The molecule has 2 rings (SSSR count). The third-order valence-corrected chi connectivity index (χ3v) is 14.1. The lowest BCUT2D eigenvalue weighted by atomic mass is 9.99. The molecule has 22 heteroatoms. The number of carbonyl (C=O) groups is 2. The molecular formula is C51H83N3O17P2. The lowest BCUT2D eigenvalue weighted by molar-refractivity contribution is -0.161. The monoisotopic (exact) mass is 1070 g/mol. The van der Waals surface area contributed by atoms with Crippen molar-refractivity contribution in [1.82, 2.24) is 9.55 Å². The van der Waals surface area contributed by atoms with Gasteiger partial charge in [-0.25, -0.2) is 13.9 Å². The van der Waals surface area contributed by atoms with E-state index in [2.05, 4.69) is 23.1 Å². The minimum Gasteiger partial charge on any atom is -0.462 e. The zero-order valence-electron chi connectivity index (χ0n) is 42.8. The van der Waals surface area contributed by atoms with E-state index in [4.69, 9.17) is 29.0 Å². The van der Waals surface area contributed by atoms with E-state index in [0.29, 0.717) is 32.1 Å². The minimum absolute atomic E-state index is 0.00475. The third-order valence-electron chi connectivity index (χ3n) is 11.5. The van der Waals surface area contributed by atoms with Crippen LogP contribution in [-0.2, 0) is 46.3 Å². The van der Waals surface area contributed by atoms with Crippen molar-refractivity contribution in [3.8, 4) is 0 Å². The first-order valence-electron chi connectivity index (χ1n) is 25.6. The first-order chi connectivity index (χ1) is 34.9. The Balaban J connectivity index is 1.86. The van der Waals surface area contributed by atoms with Crippen LogP contribution in [0, 0.1) is 5.92 Å². The summed E-state index contributed by atoms with van der Waals surface area (Å²) < 4.78 is 56.6. The molecule has 0 saturated carbocycles. The summed E-state index contributed by atoms with van der Waals surface area (Å²) >= 11 is 0. The molecule has 0 spiro atoms. The summed E-state index contributed by atoms with van der Waals surface area (Å²) in [5.74, 6) is -0.714. The third kappa shape index (κ3) is 30.9. The fourth-order valence-corrected chi connectivity index (χ4v) is 9.26. The number of aliphatic hydroxyl groups excluding tert-OH is 4. The zero-order valence-corrected chi connectivity index (χ0v) is 44.6. The van der Waals surface area contributed by atoms with Gasteiger partial charge in [0.15, 0.2) is 12.3 Å². The van der Waals surface area contributed by atoms with Crippen LogP contribution in [0.15, 0.2) is 90.0 Å². The van der Waals surface area contributed by atoms with Crippen LogP contribution in [0.25, 0.3) is 0 Å². The van der Waals surface area contributed by atoms with Crippen molar-refractivity contribution in [2.24, 2.45) is 5.92 Å². The van der Waals surface area contributed by atoms with Crippen molar-refractivity contribution >= 4 is 33.4 Å². The Hall–Kier alpha value is -3.88. The second-order valence-corrected chi connectivity index (χ2v) is 21.0. The largest absolute Gasteiger partial charge is 0.481 e. The van der Waals surface area contributed by atoms with Gasteiger partial charge in [0, 0.05) is 19.0 Å². The molecule has 1 aromatic heterocycles. The molecule has 10 atom stereocenters. The number of hydrogen-bond acceptors (Lipinski definition) is 17. The average molecular weight is 1070 g/mol. The van der Waals surface area contributed by atoms with Crippen LogP contribution in [0.5, 0.6) is 0 Å². The summed E-state index contributed by atoms with van der Waals surface area (Å²) in [7, 11) is -10.9. The van der Waals surface area contributed by atoms with Crippen molar-refractivity contribution in [1.29, 1.82) is 0 Å². The summed E-state index contributed by atoms with van der Waals surface area (Å²) in [4.78, 5) is 61.9. The Kier molecular flexibility index (Phi) is 33.8. The lowest BCUT2D eigenvalue weighted by Gasteiger charge is -2.21. The number of allylic oxidation sites excluding steroid dienone is 8. The predicted octanol–water partition coefficient (Wildman–Crippen LogP) is 8.30. The smallest absolute Gasteiger partial charge is 0.462 e. The number of aliphatic hydroxyl groups is 4. The highest BCUT2D eigenvalue weighted by Crippen LogP contribution is 2.60. The molecule has 20 nitrogen and oxygen atoms in total. The van der Waals surface area contributed by atoms with Crippen molar-refractivity contribution in [3.05, 3.63) is 95.7 Å². The number of nitrogen functional groups attached to an aromatic ring is 1. The minimum atomic E-state index is -5.47. The van der Waals surface area contributed by atoms with Crippen molar-refractivity contribution in [3.63, 3.8) is 0 Å². The van der Waals surface area contributed by atoms with Gasteiger partial charge in [0.2, 0.25) is 0 Å². The number of anilines is 1. The molecule has 414 valence electrons. The van der Waals surface area contributed by atoms with Gasteiger partial charge >= 0.3 is 33.3 Å². The van der Waals surface area contributed by atoms with E-state index in [1.54, 1.807) is 42.5 Å². The summed E-state index contributed by atoms with van der Waals surface area (Å²) in [5, 5.41) is 41.0. The molecular weight excluding hydrogens is 989 g/mol. The van der Waals surface area contributed by atoms with Gasteiger partial charge in [0.05, 0.1) is 25.4 Å². The van der Waals surface area contributed by atoms with Crippen LogP contribution < -0.4 is 11.4 Å². The van der Waals surface area contributed by atoms with E-state index in [-0.39, 0.29) is 18.7 Å². The summed E-state index contributed by atoms with van der Waals surface area (Å²) in [6.45, 7) is 4.07. The fourth-order valence-electron chi connectivity index (χ4n) is 7.15. The van der Waals surface area contributed by atoms with Crippen LogP contribution in [-0.4, -0.2) is 108 Å². The predicted molar refractivity (Wildman–Crippen MR) is 277 cm³/mol. The Morgan fingerprint density at radius 3 is 2.08 bits per heavy atom. The second kappa shape index (κ2) is 37.8. The van der Waals surface area contributed by atoms with Crippen molar-refractivity contribution < 1.29 is 76.5 Å². The van der Waals surface area contributed by atoms with E-state index in [1.165, 1.54) is 44.6 Å². The zero-order chi connectivity index (χ0) is 53.9. The normalized spacial score (nSPS) is 20.9. The maximum Gasteiger partial charge on any atom is 0.481 e. The van der Waals surface area contributed by atoms with Crippen LogP contribution in [0.4, 0.5) is 5.82 Å². The molecule has 0 aromatic carbocycles. The average Bonchev–Trinajstić information content (AvgIpc) is 3.62. The maximum absolute atomic E-state index is 12.9. The van der Waals surface area contributed by atoms with Gasteiger partial charge in [-0.1, -0.05) is 164 Å². The number of rotatable bonds is 40. The van der Waals surface area contributed by atoms with Gasteiger partial charge < -0.3 is 50.2 Å². The van der Waals surface area contributed by atoms with Gasteiger partial charge in [0.25, 0.3) is 0 Å². The Bertz CT molecular complexity index is 2060. The number of carbonyl (C=O) groups excluding carboxylic acids is 2. The highest BCUT2D eigenvalue weighted by atomic mass is 31.3. The van der Waals surface area contributed by atoms with Crippen LogP contribution >= 0.6 is 15.6 Å². The van der Waals surface area contributed by atoms with Gasteiger partial charge in [-0.2, -0.15) is 9.29 Å². The van der Waals surface area contributed by atoms with Gasteiger partial charge in [-0.15, -0.1) is 0 Å². The fraction of sp³-hybridized carbons (Fsp3) is 0.647. The Labute approximate surface area is 430 Å². The van der Waals surface area contributed by atoms with Gasteiger partial charge in [-0.3, -0.25) is 23.2 Å². The molecule has 0 radical (unpaired) electrons. The first kappa shape index (κ1) is 65.2.